The van der Waals surface area contributed by atoms with Crippen molar-refractivity contribution in [2.24, 2.45) is 0 Å². The van der Waals surface area contributed by atoms with Crippen LogP contribution in [0, 0.1) is 0 Å². The molecule has 0 saturated carbocycles. The van der Waals surface area contributed by atoms with Crippen molar-refractivity contribution >= 4 is 11.8 Å². The number of carbonyl (C=O) groups excluding carboxylic acids is 1. The van der Waals surface area contributed by atoms with Crippen LogP contribution in [0.5, 0.6) is 0 Å². The Morgan fingerprint density at radius 2 is 1.79 bits per heavy atom. The molecule has 1 aromatic rings. The molecule has 0 bridgehead atoms. The lowest BCUT2D eigenvalue weighted by Gasteiger charge is -2.34. The summed E-state index contributed by atoms with van der Waals surface area (Å²) in [6, 6.07) is 0. The van der Waals surface area contributed by atoms with Gasteiger partial charge in [0.2, 0.25) is 0 Å². The Hall–Kier alpha value is -1.52. The van der Waals surface area contributed by atoms with Crippen LogP contribution < -0.4 is 5.73 Å². The van der Waals surface area contributed by atoms with Gasteiger partial charge in [0, 0.05) is 12.0 Å². The van der Waals surface area contributed by atoms with Gasteiger partial charge in [-0.1, -0.05) is 27.7 Å². The lowest BCUT2D eigenvalue weighted by atomic mass is 9.89. The first-order valence-electron chi connectivity index (χ1n) is 6.97. The molecule has 0 atom stereocenters. The smallest absolute Gasteiger partial charge is 0.360 e. The van der Waals surface area contributed by atoms with E-state index in [9.17, 15) is 4.79 Å². The van der Waals surface area contributed by atoms with Crippen molar-refractivity contribution < 1.29 is 9.53 Å². The molecular weight excluding hydrogens is 242 g/mol. The number of hydrogen-bond donors (Lipinski definition) is 1. The van der Waals surface area contributed by atoms with Crippen LogP contribution in [-0.4, -0.2) is 22.6 Å². The number of esters is 1. The van der Waals surface area contributed by atoms with Crippen LogP contribution in [0.3, 0.4) is 0 Å². The van der Waals surface area contributed by atoms with Gasteiger partial charge in [-0.3, -0.25) is 0 Å². The summed E-state index contributed by atoms with van der Waals surface area (Å²) in [5, 5.41) is 0. The standard InChI is InChI=1S/C14H25N3O2/c1-6-10-16-11(13(18)19-5)12(15)17(10)14(7-2,8-3)9-4/h6-9,15H2,1-5H3. The zero-order valence-electron chi connectivity index (χ0n) is 12.6. The van der Waals surface area contributed by atoms with Crippen molar-refractivity contribution in [3.8, 4) is 0 Å². The number of aromatic nitrogens is 2. The zero-order chi connectivity index (χ0) is 14.6. The van der Waals surface area contributed by atoms with E-state index in [2.05, 4.69) is 25.8 Å². The molecule has 0 radical (unpaired) electrons. The van der Waals surface area contributed by atoms with Crippen molar-refractivity contribution in [1.82, 2.24) is 9.55 Å². The Kier molecular flexibility index (Phi) is 4.97. The van der Waals surface area contributed by atoms with E-state index < -0.39 is 5.97 Å². The second-order valence-corrected chi connectivity index (χ2v) is 4.73. The molecule has 0 aliphatic rings. The molecule has 1 heterocycles. The minimum absolute atomic E-state index is 0.0747. The fourth-order valence-corrected chi connectivity index (χ4v) is 2.72. The van der Waals surface area contributed by atoms with Crippen LogP contribution in [-0.2, 0) is 16.7 Å². The van der Waals surface area contributed by atoms with E-state index in [0.717, 1.165) is 31.5 Å². The molecule has 5 heteroatoms. The first-order valence-corrected chi connectivity index (χ1v) is 6.97. The Bertz CT molecular complexity index is 440. The number of imidazole rings is 1. The minimum Gasteiger partial charge on any atom is -0.464 e. The Morgan fingerprint density at radius 3 is 2.16 bits per heavy atom. The van der Waals surface area contributed by atoms with Gasteiger partial charge in [-0.05, 0) is 19.3 Å². The number of nitrogens with two attached hydrogens (primary N) is 1. The predicted octanol–water partition coefficient (Wildman–Crippen LogP) is 2.74. The molecule has 108 valence electrons. The summed E-state index contributed by atoms with van der Waals surface area (Å²) in [5.41, 5.74) is 6.33. The molecular formula is C14H25N3O2. The molecule has 0 aliphatic heterocycles. The average molecular weight is 267 g/mol. The monoisotopic (exact) mass is 267 g/mol. The number of anilines is 1. The first kappa shape index (κ1) is 15.5. The van der Waals surface area contributed by atoms with Crippen LogP contribution in [0.4, 0.5) is 5.82 Å². The summed E-state index contributed by atoms with van der Waals surface area (Å²) in [6.07, 6.45) is 3.60. The SMILES string of the molecule is CCc1nc(C(=O)OC)c(N)n1C(CC)(CC)CC. The van der Waals surface area contributed by atoms with Crippen molar-refractivity contribution in [3.63, 3.8) is 0 Å². The van der Waals surface area contributed by atoms with Crippen LogP contribution in [0.1, 0.15) is 63.3 Å². The van der Waals surface area contributed by atoms with Gasteiger partial charge >= 0.3 is 5.97 Å². The fraction of sp³-hybridized carbons (Fsp3) is 0.714. The summed E-state index contributed by atoms with van der Waals surface area (Å²) < 4.78 is 6.79. The van der Waals surface area contributed by atoms with Gasteiger partial charge in [0.1, 0.15) is 11.6 Å². The number of rotatable bonds is 6. The van der Waals surface area contributed by atoms with Gasteiger partial charge in [0.05, 0.1) is 7.11 Å². The lowest BCUT2D eigenvalue weighted by Crippen LogP contribution is -2.34. The van der Waals surface area contributed by atoms with Crippen molar-refractivity contribution in [2.45, 2.75) is 58.9 Å². The normalized spacial score (nSPS) is 11.6. The summed E-state index contributed by atoms with van der Waals surface area (Å²) in [7, 11) is 1.35. The van der Waals surface area contributed by atoms with Crippen molar-refractivity contribution in [2.75, 3.05) is 12.8 Å². The van der Waals surface area contributed by atoms with E-state index in [-0.39, 0.29) is 11.2 Å². The van der Waals surface area contributed by atoms with E-state index in [0.29, 0.717) is 5.82 Å². The fourth-order valence-electron chi connectivity index (χ4n) is 2.72. The maximum absolute atomic E-state index is 11.7. The second-order valence-electron chi connectivity index (χ2n) is 4.73. The quantitative estimate of drug-likeness (QED) is 0.804. The third-order valence-electron chi connectivity index (χ3n) is 4.13. The molecule has 0 unspecified atom stereocenters. The van der Waals surface area contributed by atoms with Crippen LogP contribution in [0.15, 0.2) is 0 Å². The van der Waals surface area contributed by atoms with Crippen molar-refractivity contribution in [3.05, 3.63) is 11.5 Å². The number of nitrogens with zero attached hydrogens (tertiary/aromatic N) is 2. The van der Waals surface area contributed by atoms with E-state index in [4.69, 9.17) is 10.5 Å². The highest BCUT2D eigenvalue weighted by atomic mass is 16.5. The molecule has 1 aromatic heterocycles. The number of nitrogen functional groups attached to an aromatic ring is 1. The highest BCUT2D eigenvalue weighted by Crippen LogP contribution is 2.34. The molecule has 0 aliphatic carbocycles. The average Bonchev–Trinajstić information content (AvgIpc) is 2.79. The maximum atomic E-state index is 11.7. The minimum atomic E-state index is -0.469. The van der Waals surface area contributed by atoms with Crippen molar-refractivity contribution in [1.29, 1.82) is 0 Å². The third kappa shape index (κ3) is 2.46. The van der Waals surface area contributed by atoms with Gasteiger partial charge in [-0.2, -0.15) is 0 Å². The van der Waals surface area contributed by atoms with Gasteiger partial charge in [0.15, 0.2) is 5.69 Å². The highest BCUT2D eigenvalue weighted by molar-refractivity contribution is 5.92. The zero-order valence-corrected chi connectivity index (χ0v) is 12.6. The molecule has 0 amide bonds. The topological polar surface area (TPSA) is 70.1 Å². The molecule has 5 nitrogen and oxygen atoms in total. The molecule has 19 heavy (non-hydrogen) atoms. The molecule has 2 N–H and O–H groups in total. The summed E-state index contributed by atoms with van der Waals surface area (Å²) in [6.45, 7) is 8.45. The summed E-state index contributed by atoms with van der Waals surface area (Å²) >= 11 is 0. The van der Waals surface area contributed by atoms with Crippen LogP contribution >= 0.6 is 0 Å². The molecule has 0 fully saturated rings. The van der Waals surface area contributed by atoms with E-state index in [1.165, 1.54) is 7.11 Å². The Balaban J connectivity index is 3.49. The molecule has 0 aromatic carbocycles. The van der Waals surface area contributed by atoms with Gasteiger partial charge in [0.25, 0.3) is 0 Å². The summed E-state index contributed by atoms with van der Waals surface area (Å²) in [4.78, 5) is 16.1. The van der Waals surface area contributed by atoms with Gasteiger partial charge < -0.3 is 15.0 Å². The number of aryl methyl sites for hydroxylation is 1. The Labute approximate surface area is 115 Å². The lowest BCUT2D eigenvalue weighted by molar-refractivity contribution is 0.0595. The molecule has 0 spiro atoms. The predicted molar refractivity (Wildman–Crippen MR) is 76.2 cm³/mol. The molecule has 1 rings (SSSR count). The second kappa shape index (κ2) is 6.08. The van der Waals surface area contributed by atoms with E-state index in [1.54, 1.807) is 0 Å². The first-order chi connectivity index (χ1) is 9.01. The van der Waals surface area contributed by atoms with Gasteiger partial charge in [-0.15, -0.1) is 0 Å². The van der Waals surface area contributed by atoms with E-state index in [1.807, 2.05) is 11.5 Å². The van der Waals surface area contributed by atoms with Gasteiger partial charge in [-0.25, -0.2) is 9.78 Å². The number of methoxy groups -OCH3 is 1. The van der Waals surface area contributed by atoms with Crippen LogP contribution in [0.2, 0.25) is 0 Å². The Morgan fingerprint density at radius 1 is 1.26 bits per heavy atom. The number of ether oxygens (including phenoxy) is 1. The highest BCUT2D eigenvalue weighted by Gasteiger charge is 2.33. The van der Waals surface area contributed by atoms with Crippen LogP contribution in [0.25, 0.3) is 0 Å². The summed E-state index contributed by atoms with van der Waals surface area (Å²) in [5.74, 6) is 0.806. The maximum Gasteiger partial charge on any atom is 0.360 e. The third-order valence-corrected chi connectivity index (χ3v) is 4.13. The van der Waals surface area contributed by atoms with E-state index >= 15 is 0 Å². The number of hydrogen-bond acceptors (Lipinski definition) is 4. The largest absolute Gasteiger partial charge is 0.464 e. The molecule has 0 saturated heterocycles. The number of carbonyl (C=O) groups is 1.